The number of nitrogens with one attached hydrogen (secondary N) is 1. The standard InChI is InChI=1S/C17H23FN6O.C2HF3O2/c1-23-9-13(6-21-23)10-24-4-2-3-17(12-24)5-15(11-25-17)22-16-19-7-14(18)8-20-16;3-2(4,5)1(6)7/h6-9,15H,2-5,10-12H2,1H3,(H,19,20,22);(H,6,7). The molecule has 0 saturated carbocycles. The first kappa shape index (κ1) is 23.9. The average Bonchev–Trinajstić information content (AvgIpc) is 3.29. The van der Waals surface area contributed by atoms with Crippen LogP contribution in [0.3, 0.4) is 0 Å². The van der Waals surface area contributed by atoms with Crippen LogP contribution in [-0.4, -0.2) is 73.2 Å². The van der Waals surface area contributed by atoms with Crippen molar-refractivity contribution in [3.63, 3.8) is 0 Å². The molecule has 2 saturated heterocycles. The number of ether oxygens (including phenoxy) is 1. The van der Waals surface area contributed by atoms with Gasteiger partial charge in [-0.1, -0.05) is 0 Å². The number of piperidine rings is 1. The van der Waals surface area contributed by atoms with Crippen molar-refractivity contribution in [2.45, 2.75) is 43.6 Å². The molecular formula is C19H24F4N6O3. The summed E-state index contributed by atoms with van der Waals surface area (Å²) in [6, 6.07) is 0.156. The number of aliphatic carboxylic acids is 1. The van der Waals surface area contributed by atoms with Gasteiger partial charge < -0.3 is 15.2 Å². The van der Waals surface area contributed by atoms with E-state index in [0.717, 1.165) is 38.9 Å². The van der Waals surface area contributed by atoms with Gasteiger partial charge >= 0.3 is 12.1 Å². The zero-order valence-corrected chi connectivity index (χ0v) is 17.3. The number of hydrogen-bond donors (Lipinski definition) is 2. The monoisotopic (exact) mass is 460 g/mol. The molecule has 2 aromatic rings. The molecule has 32 heavy (non-hydrogen) atoms. The van der Waals surface area contributed by atoms with Gasteiger partial charge in [0.2, 0.25) is 5.95 Å². The van der Waals surface area contributed by atoms with E-state index >= 15 is 0 Å². The third-order valence-electron chi connectivity index (χ3n) is 5.19. The lowest BCUT2D eigenvalue weighted by Gasteiger charge is -2.39. The minimum atomic E-state index is -5.08. The topological polar surface area (TPSA) is 105 Å². The number of carbonyl (C=O) groups is 1. The molecule has 0 aliphatic carbocycles. The summed E-state index contributed by atoms with van der Waals surface area (Å²) >= 11 is 0. The van der Waals surface area contributed by atoms with Crippen LogP contribution in [0.15, 0.2) is 24.8 Å². The van der Waals surface area contributed by atoms with Gasteiger partial charge in [-0.3, -0.25) is 9.58 Å². The summed E-state index contributed by atoms with van der Waals surface area (Å²) in [5, 5.41) is 14.6. The maximum absolute atomic E-state index is 12.9. The van der Waals surface area contributed by atoms with Gasteiger partial charge in [0.25, 0.3) is 0 Å². The van der Waals surface area contributed by atoms with Crippen molar-refractivity contribution in [3.05, 3.63) is 36.2 Å². The van der Waals surface area contributed by atoms with Gasteiger partial charge in [0.15, 0.2) is 5.82 Å². The van der Waals surface area contributed by atoms with Crippen molar-refractivity contribution in [3.8, 4) is 0 Å². The van der Waals surface area contributed by atoms with Crippen molar-refractivity contribution in [1.29, 1.82) is 0 Å². The Kier molecular flexibility index (Phi) is 7.29. The quantitative estimate of drug-likeness (QED) is 0.670. The SMILES string of the molecule is Cn1cc(CN2CCCC3(CC(Nc4ncc(F)cn4)CO3)C2)cn1.O=C(O)C(F)(F)F. The molecule has 2 aliphatic heterocycles. The predicted molar refractivity (Wildman–Crippen MR) is 104 cm³/mol. The van der Waals surface area contributed by atoms with Crippen LogP contribution in [-0.2, 0) is 23.1 Å². The molecule has 2 N–H and O–H groups in total. The lowest BCUT2D eigenvalue weighted by atomic mass is 9.88. The number of rotatable bonds is 4. The molecule has 9 nitrogen and oxygen atoms in total. The molecule has 1 spiro atoms. The smallest absolute Gasteiger partial charge is 0.475 e. The first-order valence-corrected chi connectivity index (χ1v) is 9.93. The van der Waals surface area contributed by atoms with Crippen LogP contribution in [0.4, 0.5) is 23.5 Å². The number of carboxylic acid groups (broad SMARTS) is 1. The summed E-state index contributed by atoms with van der Waals surface area (Å²) in [7, 11) is 1.94. The number of aromatic nitrogens is 4. The Morgan fingerprint density at radius 2 is 2.03 bits per heavy atom. The number of halogens is 4. The Bertz CT molecular complexity index is 907. The van der Waals surface area contributed by atoms with Crippen LogP contribution < -0.4 is 5.32 Å². The van der Waals surface area contributed by atoms with E-state index in [0.29, 0.717) is 12.6 Å². The fourth-order valence-corrected chi connectivity index (χ4v) is 3.93. The zero-order chi connectivity index (χ0) is 23.4. The third-order valence-corrected chi connectivity index (χ3v) is 5.19. The Labute approximate surface area is 181 Å². The second-order valence-electron chi connectivity index (χ2n) is 7.90. The molecule has 0 amide bonds. The zero-order valence-electron chi connectivity index (χ0n) is 17.3. The maximum Gasteiger partial charge on any atom is 0.490 e. The predicted octanol–water partition coefficient (Wildman–Crippen LogP) is 2.22. The van der Waals surface area contributed by atoms with E-state index in [9.17, 15) is 17.6 Å². The number of aryl methyl sites for hydroxylation is 1. The molecule has 2 aromatic heterocycles. The Hall–Kier alpha value is -2.80. The lowest BCUT2D eigenvalue weighted by molar-refractivity contribution is -0.192. The Balaban J connectivity index is 0.000000360. The summed E-state index contributed by atoms with van der Waals surface area (Å²) in [6.45, 7) is 3.53. The van der Waals surface area contributed by atoms with Crippen molar-refractivity contribution in [2.75, 3.05) is 25.0 Å². The van der Waals surface area contributed by atoms with Crippen LogP contribution in [0.2, 0.25) is 0 Å². The number of likely N-dealkylation sites (tertiary alicyclic amines) is 1. The summed E-state index contributed by atoms with van der Waals surface area (Å²) in [6.07, 6.45) is 4.37. The van der Waals surface area contributed by atoms with Gasteiger partial charge in [0, 0.05) is 38.3 Å². The maximum atomic E-state index is 12.9. The summed E-state index contributed by atoms with van der Waals surface area (Å²) < 4.78 is 52.7. The second-order valence-corrected chi connectivity index (χ2v) is 7.90. The molecular weight excluding hydrogens is 436 g/mol. The van der Waals surface area contributed by atoms with Crippen LogP contribution in [0, 0.1) is 5.82 Å². The first-order valence-electron chi connectivity index (χ1n) is 9.93. The first-order chi connectivity index (χ1) is 15.0. The molecule has 2 atom stereocenters. The Morgan fingerprint density at radius 3 is 2.62 bits per heavy atom. The highest BCUT2D eigenvalue weighted by molar-refractivity contribution is 5.73. The number of alkyl halides is 3. The molecule has 2 unspecified atom stereocenters. The van der Waals surface area contributed by atoms with Crippen LogP contribution >= 0.6 is 0 Å². The fraction of sp³-hybridized carbons (Fsp3) is 0.579. The molecule has 0 radical (unpaired) electrons. The van der Waals surface area contributed by atoms with Crippen LogP contribution in [0.25, 0.3) is 0 Å². The molecule has 4 heterocycles. The average molecular weight is 460 g/mol. The Morgan fingerprint density at radius 1 is 1.34 bits per heavy atom. The van der Waals surface area contributed by atoms with Gasteiger partial charge in [-0.25, -0.2) is 19.2 Å². The third kappa shape index (κ3) is 6.60. The van der Waals surface area contributed by atoms with Gasteiger partial charge in [0.05, 0.1) is 36.8 Å². The van der Waals surface area contributed by atoms with Crippen molar-refractivity contribution >= 4 is 11.9 Å². The van der Waals surface area contributed by atoms with Gasteiger partial charge in [-0.2, -0.15) is 18.3 Å². The number of anilines is 1. The molecule has 0 bridgehead atoms. The molecule has 4 rings (SSSR count). The van der Waals surface area contributed by atoms with Crippen LogP contribution in [0.1, 0.15) is 24.8 Å². The second kappa shape index (κ2) is 9.77. The molecule has 2 fully saturated rings. The molecule has 13 heteroatoms. The van der Waals surface area contributed by atoms with E-state index in [1.54, 1.807) is 0 Å². The fourth-order valence-electron chi connectivity index (χ4n) is 3.93. The van der Waals surface area contributed by atoms with Crippen molar-refractivity contribution < 1.29 is 32.2 Å². The molecule has 176 valence electrons. The van der Waals surface area contributed by atoms with Crippen molar-refractivity contribution in [2.24, 2.45) is 7.05 Å². The lowest BCUT2D eigenvalue weighted by Crippen LogP contribution is -2.47. The normalized spacial score (nSPS) is 23.6. The van der Waals surface area contributed by atoms with Gasteiger partial charge in [0.1, 0.15) is 0 Å². The van der Waals surface area contributed by atoms with Gasteiger partial charge in [-0.05, 0) is 19.4 Å². The highest BCUT2D eigenvalue weighted by Gasteiger charge is 2.43. The van der Waals surface area contributed by atoms with Crippen LogP contribution in [0.5, 0.6) is 0 Å². The summed E-state index contributed by atoms with van der Waals surface area (Å²) in [4.78, 5) is 19.3. The largest absolute Gasteiger partial charge is 0.490 e. The molecule has 0 aromatic carbocycles. The number of hydrogen-bond acceptors (Lipinski definition) is 7. The number of carboxylic acids is 1. The van der Waals surface area contributed by atoms with E-state index in [1.165, 1.54) is 18.0 Å². The van der Waals surface area contributed by atoms with E-state index < -0.39 is 18.0 Å². The summed E-state index contributed by atoms with van der Waals surface area (Å²) in [5.41, 5.74) is 1.12. The minimum Gasteiger partial charge on any atom is -0.475 e. The highest BCUT2D eigenvalue weighted by atomic mass is 19.4. The summed E-state index contributed by atoms with van der Waals surface area (Å²) in [5.74, 6) is -2.73. The molecule has 2 aliphatic rings. The minimum absolute atomic E-state index is 0.113. The van der Waals surface area contributed by atoms with E-state index in [-0.39, 0.29) is 11.6 Å². The van der Waals surface area contributed by atoms with Crippen molar-refractivity contribution in [1.82, 2.24) is 24.6 Å². The van der Waals surface area contributed by atoms with Gasteiger partial charge in [-0.15, -0.1) is 0 Å². The van der Waals surface area contributed by atoms with E-state index in [1.807, 2.05) is 17.9 Å². The number of nitrogens with zero attached hydrogens (tertiary/aromatic N) is 5. The van der Waals surface area contributed by atoms with E-state index in [2.05, 4.69) is 31.5 Å². The van der Waals surface area contributed by atoms with E-state index in [4.69, 9.17) is 14.6 Å². The highest BCUT2D eigenvalue weighted by Crippen LogP contribution is 2.36.